The second-order valence-electron chi connectivity index (χ2n) is 8.47. The van der Waals surface area contributed by atoms with Gasteiger partial charge in [-0.2, -0.15) is 0 Å². The Morgan fingerprint density at radius 1 is 0.944 bits per heavy atom. The fourth-order valence-electron chi connectivity index (χ4n) is 3.48. The van der Waals surface area contributed by atoms with E-state index in [0.717, 1.165) is 10.9 Å². The summed E-state index contributed by atoms with van der Waals surface area (Å²) in [5.74, 6) is -5.11. The Balaban J connectivity index is 2.33. The number of nitrogens with two attached hydrogens (primary N) is 1. The van der Waals surface area contributed by atoms with Crippen LogP contribution in [0.15, 0.2) is 30.5 Å². The van der Waals surface area contributed by atoms with Crippen LogP contribution in [-0.2, 0) is 30.4 Å². The zero-order chi connectivity index (χ0) is 27.0. The van der Waals surface area contributed by atoms with E-state index in [1.807, 2.05) is 12.1 Å². The van der Waals surface area contributed by atoms with Crippen LogP contribution in [0.1, 0.15) is 32.3 Å². The van der Waals surface area contributed by atoms with Crippen LogP contribution in [0.3, 0.4) is 0 Å². The molecule has 0 fully saturated rings. The van der Waals surface area contributed by atoms with Crippen molar-refractivity contribution in [1.29, 1.82) is 0 Å². The predicted molar refractivity (Wildman–Crippen MR) is 128 cm³/mol. The van der Waals surface area contributed by atoms with Crippen LogP contribution >= 0.6 is 0 Å². The lowest BCUT2D eigenvalue weighted by molar-refractivity contribution is -0.145. The van der Waals surface area contributed by atoms with E-state index in [2.05, 4.69) is 20.9 Å². The number of carboxylic acids is 2. The molecule has 0 aliphatic carbocycles. The van der Waals surface area contributed by atoms with Crippen molar-refractivity contribution in [3.8, 4) is 0 Å². The van der Waals surface area contributed by atoms with Gasteiger partial charge < -0.3 is 42.0 Å². The first-order valence-electron chi connectivity index (χ1n) is 11.2. The number of H-pyrrole nitrogens is 1. The molecule has 0 saturated heterocycles. The summed E-state index contributed by atoms with van der Waals surface area (Å²) in [4.78, 5) is 63.8. The largest absolute Gasteiger partial charge is 0.481 e. The quantitative estimate of drug-likeness (QED) is 0.164. The number of carboxylic acid groups (broad SMARTS) is 2. The number of aliphatic carboxylic acids is 2. The molecule has 2 aromatic rings. The molecule has 36 heavy (non-hydrogen) atoms. The van der Waals surface area contributed by atoms with Crippen LogP contribution < -0.4 is 21.7 Å². The highest BCUT2D eigenvalue weighted by molar-refractivity contribution is 5.95. The molecular formula is C23H31N5O8. The number of aromatic nitrogens is 1. The average Bonchev–Trinajstić information content (AvgIpc) is 3.21. The molecule has 0 bridgehead atoms. The molecule has 1 aromatic carbocycles. The van der Waals surface area contributed by atoms with E-state index in [-0.39, 0.29) is 12.8 Å². The van der Waals surface area contributed by atoms with Gasteiger partial charge in [-0.15, -0.1) is 0 Å². The van der Waals surface area contributed by atoms with E-state index < -0.39 is 66.4 Å². The number of fused-ring (bicyclic) bond motifs is 1. The molecule has 1 aromatic heterocycles. The minimum absolute atomic E-state index is 0.0688. The van der Waals surface area contributed by atoms with Gasteiger partial charge in [-0.1, -0.05) is 18.2 Å². The van der Waals surface area contributed by atoms with Crippen molar-refractivity contribution in [3.63, 3.8) is 0 Å². The van der Waals surface area contributed by atoms with E-state index in [1.165, 1.54) is 13.8 Å². The molecule has 13 heteroatoms. The van der Waals surface area contributed by atoms with Gasteiger partial charge in [-0.25, -0.2) is 4.79 Å². The second-order valence-corrected chi connectivity index (χ2v) is 8.47. The van der Waals surface area contributed by atoms with E-state index in [0.29, 0.717) is 5.56 Å². The molecule has 9 N–H and O–H groups in total. The van der Waals surface area contributed by atoms with Gasteiger partial charge in [0.1, 0.15) is 12.1 Å². The van der Waals surface area contributed by atoms with Gasteiger partial charge in [0.2, 0.25) is 17.7 Å². The van der Waals surface area contributed by atoms with E-state index in [4.69, 9.17) is 10.8 Å². The van der Waals surface area contributed by atoms with Gasteiger partial charge in [-0.3, -0.25) is 19.2 Å². The highest BCUT2D eigenvalue weighted by atomic mass is 16.4. The molecule has 1 heterocycles. The van der Waals surface area contributed by atoms with Gasteiger partial charge in [0, 0.05) is 29.9 Å². The number of para-hydroxylation sites is 1. The number of aliphatic hydroxyl groups excluding tert-OH is 1. The monoisotopic (exact) mass is 505 g/mol. The van der Waals surface area contributed by atoms with Crippen molar-refractivity contribution in [2.24, 2.45) is 5.73 Å². The average molecular weight is 506 g/mol. The van der Waals surface area contributed by atoms with Crippen LogP contribution in [0.4, 0.5) is 0 Å². The number of rotatable bonds is 13. The maximum atomic E-state index is 13.1. The third-order valence-corrected chi connectivity index (χ3v) is 5.47. The number of carbonyl (C=O) groups is 5. The van der Waals surface area contributed by atoms with Crippen molar-refractivity contribution in [3.05, 3.63) is 36.0 Å². The van der Waals surface area contributed by atoms with Crippen LogP contribution in [0.2, 0.25) is 0 Å². The molecule has 5 unspecified atom stereocenters. The molecule has 0 aliphatic heterocycles. The molecule has 5 atom stereocenters. The fraction of sp³-hybridized carbons (Fsp3) is 0.435. The van der Waals surface area contributed by atoms with E-state index in [9.17, 15) is 34.2 Å². The highest BCUT2D eigenvalue weighted by Gasteiger charge is 2.32. The number of benzene rings is 1. The zero-order valence-electron chi connectivity index (χ0n) is 19.9. The molecule has 3 amide bonds. The normalized spacial score (nSPS) is 15.2. The molecule has 2 rings (SSSR count). The lowest BCUT2D eigenvalue weighted by Gasteiger charge is -2.25. The Morgan fingerprint density at radius 2 is 1.56 bits per heavy atom. The molecule has 0 saturated carbocycles. The zero-order valence-corrected chi connectivity index (χ0v) is 19.9. The van der Waals surface area contributed by atoms with Crippen molar-refractivity contribution in [2.75, 3.05) is 0 Å². The van der Waals surface area contributed by atoms with Gasteiger partial charge in [0.05, 0.1) is 12.1 Å². The summed E-state index contributed by atoms with van der Waals surface area (Å²) in [6, 6.07) is 1.95. The number of hydrogen-bond acceptors (Lipinski definition) is 7. The number of amides is 3. The number of nitrogens with one attached hydrogen (secondary N) is 4. The van der Waals surface area contributed by atoms with Crippen molar-refractivity contribution in [2.45, 2.75) is 63.4 Å². The Labute approximate surface area is 206 Å². The first kappa shape index (κ1) is 28.3. The van der Waals surface area contributed by atoms with Crippen molar-refractivity contribution in [1.82, 2.24) is 20.9 Å². The SMILES string of the molecule is CC(N)C(=O)NC(CCC(=O)O)C(=O)NC(Cc1c[nH]c2ccccc12)C(=O)NC(C(=O)O)C(C)O. The lowest BCUT2D eigenvalue weighted by atomic mass is 10.0. The summed E-state index contributed by atoms with van der Waals surface area (Å²) in [6.45, 7) is 2.58. The summed E-state index contributed by atoms with van der Waals surface area (Å²) in [7, 11) is 0. The Kier molecular flexibility index (Phi) is 9.93. The van der Waals surface area contributed by atoms with E-state index >= 15 is 0 Å². The fourth-order valence-corrected chi connectivity index (χ4v) is 3.48. The molecule has 13 nitrogen and oxygen atoms in total. The third kappa shape index (κ3) is 7.78. The van der Waals surface area contributed by atoms with Crippen LogP contribution in [-0.4, -0.2) is 80.2 Å². The second kappa shape index (κ2) is 12.7. The number of hydrogen-bond donors (Lipinski definition) is 8. The number of aliphatic hydroxyl groups is 1. The Hall–Kier alpha value is -3.97. The minimum atomic E-state index is -1.64. The Bertz CT molecular complexity index is 1110. The molecule has 0 aliphatic rings. The first-order chi connectivity index (χ1) is 16.9. The number of carbonyl (C=O) groups excluding carboxylic acids is 3. The maximum absolute atomic E-state index is 13.1. The summed E-state index contributed by atoms with van der Waals surface area (Å²) in [5, 5.41) is 35.9. The minimum Gasteiger partial charge on any atom is -0.481 e. The van der Waals surface area contributed by atoms with Gasteiger partial charge in [-0.05, 0) is 31.9 Å². The molecular weight excluding hydrogens is 474 g/mol. The lowest BCUT2D eigenvalue weighted by Crippen LogP contribution is -2.58. The summed E-state index contributed by atoms with van der Waals surface area (Å²) in [5.41, 5.74) is 6.95. The van der Waals surface area contributed by atoms with Crippen LogP contribution in [0, 0.1) is 0 Å². The van der Waals surface area contributed by atoms with Crippen molar-refractivity contribution < 1.29 is 39.3 Å². The topological polar surface area (TPSA) is 224 Å². The molecule has 0 radical (unpaired) electrons. The highest BCUT2D eigenvalue weighted by Crippen LogP contribution is 2.19. The summed E-state index contributed by atoms with van der Waals surface area (Å²) < 4.78 is 0. The summed E-state index contributed by atoms with van der Waals surface area (Å²) >= 11 is 0. The van der Waals surface area contributed by atoms with Crippen LogP contribution in [0.5, 0.6) is 0 Å². The smallest absolute Gasteiger partial charge is 0.328 e. The predicted octanol–water partition coefficient (Wildman–Crippen LogP) is -1.16. The van der Waals surface area contributed by atoms with E-state index in [1.54, 1.807) is 18.3 Å². The number of aromatic amines is 1. The van der Waals surface area contributed by atoms with Crippen molar-refractivity contribution >= 4 is 40.6 Å². The third-order valence-electron chi connectivity index (χ3n) is 5.47. The standard InChI is InChI=1S/C23H31N5O8/c1-11(24)20(32)26-16(7-8-18(30)31)21(33)27-17(22(34)28-19(12(2)29)23(35)36)9-13-10-25-15-6-4-3-5-14(13)15/h3-6,10-12,16-17,19,25,29H,7-9,24H2,1-2H3,(H,26,32)(H,27,33)(H,28,34)(H,30,31)(H,35,36). The van der Waals surface area contributed by atoms with Gasteiger partial charge in [0.25, 0.3) is 0 Å². The van der Waals surface area contributed by atoms with Gasteiger partial charge >= 0.3 is 11.9 Å². The summed E-state index contributed by atoms with van der Waals surface area (Å²) in [6.07, 6.45) is -0.572. The molecule has 196 valence electrons. The maximum Gasteiger partial charge on any atom is 0.328 e. The van der Waals surface area contributed by atoms with Gasteiger partial charge in [0.15, 0.2) is 6.04 Å². The molecule has 0 spiro atoms. The Morgan fingerprint density at radius 3 is 2.14 bits per heavy atom. The first-order valence-corrected chi connectivity index (χ1v) is 11.2. The van der Waals surface area contributed by atoms with Crippen LogP contribution in [0.25, 0.3) is 10.9 Å².